The number of ether oxygens (including phenoxy) is 3. The van der Waals surface area contributed by atoms with Crippen LogP contribution in [-0.4, -0.2) is 51.6 Å². The van der Waals surface area contributed by atoms with Crippen molar-refractivity contribution in [2.75, 3.05) is 21.3 Å². The minimum atomic E-state index is -4.06. The van der Waals surface area contributed by atoms with E-state index in [1.54, 1.807) is 42.5 Å². The predicted molar refractivity (Wildman–Crippen MR) is 123 cm³/mol. The van der Waals surface area contributed by atoms with E-state index in [-0.39, 0.29) is 16.2 Å². The fourth-order valence-corrected chi connectivity index (χ4v) is 5.71. The second kappa shape index (κ2) is 10.1. The molecule has 180 valence electrons. The molecular weight excluding hydrogens is 462 g/mol. The molecule has 0 N–H and O–H groups in total. The summed E-state index contributed by atoms with van der Waals surface area (Å²) in [7, 11) is -0.618. The van der Waals surface area contributed by atoms with E-state index in [0.29, 0.717) is 10.9 Å². The molecular formula is C24H25NO8S. The number of carbonyl (C=O) groups excluding carboxylic acids is 3. The molecule has 0 spiro atoms. The Labute approximate surface area is 197 Å². The molecule has 1 heterocycles. The lowest BCUT2D eigenvalue weighted by molar-refractivity contribution is -0.157. The predicted octanol–water partition coefficient (Wildman–Crippen LogP) is 2.80. The molecule has 0 aliphatic heterocycles. The van der Waals surface area contributed by atoms with E-state index >= 15 is 0 Å². The van der Waals surface area contributed by atoms with E-state index in [4.69, 9.17) is 14.2 Å². The number of aromatic nitrogens is 1. The van der Waals surface area contributed by atoms with Gasteiger partial charge in [-0.3, -0.25) is 14.4 Å². The van der Waals surface area contributed by atoms with Crippen LogP contribution in [0.25, 0.3) is 10.9 Å². The van der Waals surface area contributed by atoms with Gasteiger partial charge in [-0.25, -0.2) is 12.4 Å². The van der Waals surface area contributed by atoms with Crippen molar-refractivity contribution < 1.29 is 37.0 Å². The third-order valence-electron chi connectivity index (χ3n) is 5.68. The van der Waals surface area contributed by atoms with Crippen molar-refractivity contribution in [3.05, 3.63) is 65.9 Å². The number of rotatable bonds is 8. The van der Waals surface area contributed by atoms with E-state index in [0.717, 1.165) is 25.3 Å². The van der Waals surface area contributed by atoms with E-state index in [1.807, 2.05) is 0 Å². The lowest BCUT2D eigenvalue weighted by atomic mass is 9.82. The van der Waals surface area contributed by atoms with Crippen molar-refractivity contribution in [3.63, 3.8) is 0 Å². The zero-order valence-corrected chi connectivity index (χ0v) is 20.0. The lowest BCUT2D eigenvalue weighted by Crippen LogP contribution is -2.32. The summed E-state index contributed by atoms with van der Waals surface area (Å²) in [4.78, 5) is 37.9. The number of hydrogen-bond acceptors (Lipinski definition) is 8. The molecule has 0 aliphatic carbocycles. The maximum atomic E-state index is 13.6. The van der Waals surface area contributed by atoms with E-state index in [2.05, 4.69) is 0 Å². The Morgan fingerprint density at radius 1 is 0.853 bits per heavy atom. The second-order valence-electron chi connectivity index (χ2n) is 7.51. The van der Waals surface area contributed by atoms with Crippen LogP contribution >= 0.6 is 0 Å². The number of methoxy groups -OCH3 is 3. The highest BCUT2D eigenvalue weighted by atomic mass is 32.2. The zero-order valence-electron chi connectivity index (χ0n) is 19.2. The van der Waals surface area contributed by atoms with Gasteiger partial charge in [-0.1, -0.05) is 36.4 Å². The molecule has 10 heteroatoms. The first kappa shape index (κ1) is 25.0. The fraction of sp³-hybridized carbons (Fsp3) is 0.292. The summed E-state index contributed by atoms with van der Waals surface area (Å²) >= 11 is 0. The molecule has 9 nitrogen and oxygen atoms in total. The van der Waals surface area contributed by atoms with Crippen molar-refractivity contribution in [1.82, 2.24) is 3.97 Å². The molecule has 1 aromatic heterocycles. The number of nitrogens with zero attached hydrogens (tertiary/aromatic N) is 1. The first-order valence-electron chi connectivity index (χ1n) is 10.3. The number of fused-ring (bicyclic) bond motifs is 1. The quantitative estimate of drug-likeness (QED) is 0.352. The fourth-order valence-electron chi connectivity index (χ4n) is 4.13. The van der Waals surface area contributed by atoms with E-state index in [1.165, 1.54) is 19.1 Å². The zero-order chi connectivity index (χ0) is 25.0. The maximum Gasteiger partial charge on any atom is 0.314 e. The van der Waals surface area contributed by atoms with E-state index < -0.39 is 46.2 Å². The molecule has 3 rings (SSSR count). The Bertz CT molecular complexity index is 1330. The van der Waals surface area contributed by atoms with Gasteiger partial charge in [0.25, 0.3) is 10.0 Å². The molecule has 0 amide bonds. The average molecular weight is 488 g/mol. The Morgan fingerprint density at radius 2 is 1.44 bits per heavy atom. The molecule has 2 aromatic carbocycles. The van der Waals surface area contributed by atoms with Crippen LogP contribution in [0.1, 0.15) is 23.6 Å². The molecule has 3 aromatic rings. The summed E-state index contributed by atoms with van der Waals surface area (Å²) in [5.74, 6) is -5.01. The topological polar surface area (TPSA) is 118 Å². The molecule has 34 heavy (non-hydrogen) atoms. The van der Waals surface area contributed by atoms with Crippen LogP contribution in [0.4, 0.5) is 0 Å². The van der Waals surface area contributed by atoms with Crippen LogP contribution in [0.3, 0.4) is 0 Å². The first-order chi connectivity index (χ1) is 16.2. The van der Waals surface area contributed by atoms with Gasteiger partial charge in [0.15, 0.2) is 0 Å². The first-order valence-corrected chi connectivity index (χ1v) is 11.8. The van der Waals surface area contributed by atoms with Gasteiger partial charge in [-0.05, 0) is 30.7 Å². The minimum Gasteiger partial charge on any atom is -0.469 e. The summed E-state index contributed by atoms with van der Waals surface area (Å²) in [5, 5.41) is 0.425. The van der Waals surface area contributed by atoms with Crippen molar-refractivity contribution >= 4 is 38.8 Å². The molecule has 0 saturated carbocycles. The summed E-state index contributed by atoms with van der Waals surface area (Å²) in [5.41, 5.74) is 0.773. The summed E-state index contributed by atoms with van der Waals surface area (Å²) in [6.45, 7) is 1.54. The van der Waals surface area contributed by atoms with Crippen molar-refractivity contribution in [2.24, 2.45) is 5.92 Å². The van der Waals surface area contributed by atoms with Crippen LogP contribution in [0, 0.1) is 12.8 Å². The minimum absolute atomic E-state index is 0.0547. The third-order valence-corrected chi connectivity index (χ3v) is 7.49. The van der Waals surface area contributed by atoms with Crippen molar-refractivity contribution in [3.8, 4) is 0 Å². The van der Waals surface area contributed by atoms with E-state index in [9.17, 15) is 22.8 Å². The van der Waals surface area contributed by atoms with Gasteiger partial charge in [-0.15, -0.1) is 0 Å². The van der Waals surface area contributed by atoms with Crippen LogP contribution in [0.15, 0.2) is 59.5 Å². The number of carbonyl (C=O) groups is 3. The summed E-state index contributed by atoms with van der Waals surface area (Å²) in [6.07, 6.45) is -0.465. The van der Waals surface area contributed by atoms with Crippen LogP contribution in [0.2, 0.25) is 0 Å². The Balaban J connectivity index is 2.36. The van der Waals surface area contributed by atoms with Crippen molar-refractivity contribution in [2.45, 2.75) is 24.2 Å². The highest BCUT2D eigenvalue weighted by molar-refractivity contribution is 7.90. The molecule has 0 unspecified atom stereocenters. The molecule has 0 fully saturated rings. The standard InChI is InChI=1S/C24H25NO8S/c1-15-21(22(24(28)33-4)18(23(27)32-3)14-20(26)31-2)17-12-8-9-13-19(17)25(15)34(29,30)16-10-6-5-7-11-16/h5-13,18,22H,14H2,1-4H3/t18-,22+/m1/s1. The largest absolute Gasteiger partial charge is 0.469 e. The molecule has 0 bridgehead atoms. The van der Waals surface area contributed by atoms with Gasteiger partial charge in [0.1, 0.15) is 0 Å². The Hall–Kier alpha value is -3.66. The van der Waals surface area contributed by atoms with Crippen LogP contribution < -0.4 is 0 Å². The van der Waals surface area contributed by atoms with Gasteiger partial charge in [0, 0.05) is 11.1 Å². The lowest BCUT2D eigenvalue weighted by Gasteiger charge is -2.23. The van der Waals surface area contributed by atoms with Gasteiger partial charge in [0.05, 0.1) is 50.0 Å². The SMILES string of the molecule is COC(=O)C[C@@H](C(=O)OC)[C@H](C(=O)OC)c1c(C)n(S(=O)(=O)c2ccccc2)c2ccccc12. The molecule has 0 saturated heterocycles. The number of benzene rings is 2. The van der Waals surface area contributed by atoms with Crippen LogP contribution in [0.5, 0.6) is 0 Å². The van der Waals surface area contributed by atoms with Gasteiger partial charge in [-0.2, -0.15) is 0 Å². The molecule has 0 radical (unpaired) electrons. The summed E-state index contributed by atoms with van der Waals surface area (Å²) < 4.78 is 42.9. The number of para-hydroxylation sites is 1. The Morgan fingerprint density at radius 3 is 2.03 bits per heavy atom. The highest BCUT2D eigenvalue weighted by Crippen LogP contribution is 2.40. The molecule has 2 atom stereocenters. The monoisotopic (exact) mass is 487 g/mol. The summed E-state index contributed by atoms with van der Waals surface area (Å²) in [6, 6.07) is 14.5. The maximum absolute atomic E-state index is 13.6. The highest BCUT2D eigenvalue weighted by Gasteiger charge is 2.42. The Kier molecular flexibility index (Phi) is 7.41. The average Bonchev–Trinajstić information content (AvgIpc) is 3.15. The van der Waals surface area contributed by atoms with Gasteiger partial charge < -0.3 is 14.2 Å². The van der Waals surface area contributed by atoms with Gasteiger partial charge in [0.2, 0.25) is 0 Å². The molecule has 0 aliphatic rings. The number of hydrogen-bond donors (Lipinski definition) is 0. The number of esters is 3. The normalized spacial score (nSPS) is 13.2. The third kappa shape index (κ3) is 4.41. The van der Waals surface area contributed by atoms with Gasteiger partial charge >= 0.3 is 17.9 Å². The van der Waals surface area contributed by atoms with Crippen molar-refractivity contribution in [1.29, 1.82) is 0 Å². The second-order valence-corrected chi connectivity index (χ2v) is 9.30. The van der Waals surface area contributed by atoms with Crippen LogP contribution in [-0.2, 0) is 38.6 Å². The smallest absolute Gasteiger partial charge is 0.314 e.